The van der Waals surface area contributed by atoms with Gasteiger partial charge in [0.05, 0.1) is 5.75 Å². The Bertz CT molecular complexity index is 458. The van der Waals surface area contributed by atoms with Crippen LogP contribution in [-0.2, 0) is 10.0 Å². The number of hydrogen-bond acceptors (Lipinski definition) is 4. The molecule has 0 unspecified atom stereocenters. The molecule has 96 valence electrons. The zero-order chi connectivity index (χ0) is 12.9. The molecule has 0 aliphatic rings. The fourth-order valence-corrected chi connectivity index (χ4v) is 2.20. The maximum absolute atomic E-state index is 11.7. The number of aryl methyl sites for hydroxylation is 1. The van der Waals surface area contributed by atoms with Gasteiger partial charge in [-0.1, -0.05) is 13.8 Å². The normalized spacial score (nSPS) is 11.8. The molecule has 1 aromatic heterocycles. The maximum Gasteiger partial charge on any atom is 0.235 e. The molecular formula is C11H19N3O2S. The number of aromatic nitrogens is 1. The first-order chi connectivity index (χ1) is 7.89. The molecule has 0 fully saturated rings. The summed E-state index contributed by atoms with van der Waals surface area (Å²) in [4.78, 5) is 3.96. The Balaban J connectivity index is 2.55. The summed E-state index contributed by atoms with van der Waals surface area (Å²) in [6, 6.07) is 3.80. The molecule has 0 bridgehead atoms. The fourth-order valence-electron chi connectivity index (χ4n) is 1.28. The van der Waals surface area contributed by atoms with E-state index in [0.717, 1.165) is 5.56 Å². The van der Waals surface area contributed by atoms with Crippen molar-refractivity contribution < 1.29 is 8.42 Å². The van der Waals surface area contributed by atoms with Gasteiger partial charge < -0.3 is 5.32 Å². The molecule has 0 radical (unpaired) electrons. The van der Waals surface area contributed by atoms with Crippen molar-refractivity contribution in [2.75, 3.05) is 17.0 Å². The van der Waals surface area contributed by atoms with E-state index >= 15 is 0 Å². The van der Waals surface area contributed by atoms with Gasteiger partial charge in [-0.3, -0.25) is 4.72 Å². The standard InChI is InChI=1S/C11H19N3O2S/c1-9(2)12-6-7-17(15,16)14-11-8-10(3)4-5-13-11/h4-5,8-9,12H,6-7H2,1-3H3,(H,13,14). The van der Waals surface area contributed by atoms with Gasteiger partial charge in [0.2, 0.25) is 10.0 Å². The van der Waals surface area contributed by atoms with Crippen LogP contribution in [0.1, 0.15) is 19.4 Å². The van der Waals surface area contributed by atoms with Crippen LogP contribution in [0.2, 0.25) is 0 Å². The summed E-state index contributed by atoms with van der Waals surface area (Å²) in [7, 11) is -3.32. The Morgan fingerprint density at radius 3 is 2.71 bits per heavy atom. The lowest BCUT2D eigenvalue weighted by Crippen LogP contribution is -2.31. The molecule has 0 aliphatic carbocycles. The number of sulfonamides is 1. The largest absolute Gasteiger partial charge is 0.313 e. The number of nitrogens with zero attached hydrogens (tertiary/aromatic N) is 1. The van der Waals surface area contributed by atoms with Crippen LogP contribution in [0, 0.1) is 6.92 Å². The number of pyridine rings is 1. The molecule has 5 nitrogen and oxygen atoms in total. The molecular weight excluding hydrogens is 238 g/mol. The van der Waals surface area contributed by atoms with E-state index < -0.39 is 10.0 Å². The van der Waals surface area contributed by atoms with E-state index in [9.17, 15) is 8.42 Å². The van der Waals surface area contributed by atoms with E-state index in [0.29, 0.717) is 12.4 Å². The van der Waals surface area contributed by atoms with Crippen LogP contribution in [0.3, 0.4) is 0 Å². The van der Waals surface area contributed by atoms with E-state index in [2.05, 4.69) is 15.0 Å². The van der Waals surface area contributed by atoms with Crippen molar-refractivity contribution in [1.29, 1.82) is 0 Å². The summed E-state index contributed by atoms with van der Waals surface area (Å²) >= 11 is 0. The van der Waals surface area contributed by atoms with E-state index in [1.807, 2.05) is 26.8 Å². The van der Waals surface area contributed by atoms with Crippen molar-refractivity contribution in [3.63, 3.8) is 0 Å². The van der Waals surface area contributed by atoms with Gasteiger partial charge in [0, 0.05) is 18.8 Å². The summed E-state index contributed by atoms with van der Waals surface area (Å²) < 4.78 is 25.9. The summed E-state index contributed by atoms with van der Waals surface area (Å²) in [6.07, 6.45) is 1.58. The van der Waals surface area contributed by atoms with E-state index in [1.54, 1.807) is 12.3 Å². The summed E-state index contributed by atoms with van der Waals surface area (Å²) in [5.74, 6) is 0.412. The Hall–Kier alpha value is -1.14. The first kappa shape index (κ1) is 13.9. The second kappa shape index (κ2) is 5.97. The first-order valence-corrected chi connectivity index (χ1v) is 7.21. The fraction of sp³-hybridized carbons (Fsp3) is 0.545. The van der Waals surface area contributed by atoms with Crippen LogP contribution in [0.15, 0.2) is 18.3 Å². The molecule has 1 heterocycles. The topological polar surface area (TPSA) is 71.1 Å². The average molecular weight is 257 g/mol. The minimum atomic E-state index is -3.32. The molecule has 0 aliphatic heterocycles. The monoisotopic (exact) mass is 257 g/mol. The molecule has 0 amide bonds. The molecule has 0 atom stereocenters. The van der Waals surface area contributed by atoms with Crippen LogP contribution in [0.4, 0.5) is 5.82 Å². The lowest BCUT2D eigenvalue weighted by Gasteiger charge is -2.10. The second-order valence-electron chi connectivity index (χ2n) is 4.25. The second-order valence-corrected chi connectivity index (χ2v) is 6.09. The molecule has 0 saturated carbocycles. The van der Waals surface area contributed by atoms with Gasteiger partial charge in [-0.15, -0.1) is 0 Å². The summed E-state index contributed by atoms with van der Waals surface area (Å²) in [6.45, 7) is 6.27. The number of rotatable bonds is 6. The van der Waals surface area contributed by atoms with Gasteiger partial charge in [0.1, 0.15) is 5.82 Å². The van der Waals surface area contributed by atoms with Gasteiger partial charge in [-0.05, 0) is 24.6 Å². The molecule has 0 saturated heterocycles. The third kappa shape index (κ3) is 5.65. The first-order valence-electron chi connectivity index (χ1n) is 5.55. The van der Waals surface area contributed by atoms with Crippen LogP contribution >= 0.6 is 0 Å². The van der Waals surface area contributed by atoms with Crippen molar-refractivity contribution in [3.8, 4) is 0 Å². The molecule has 1 aromatic rings. The molecule has 1 rings (SSSR count). The lowest BCUT2D eigenvalue weighted by molar-refractivity contribution is 0.582. The van der Waals surface area contributed by atoms with E-state index in [-0.39, 0.29) is 11.8 Å². The predicted molar refractivity (Wildman–Crippen MR) is 69.5 cm³/mol. The van der Waals surface area contributed by atoms with E-state index in [4.69, 9.17) is 0 Å². The summed E-state index contributed by atoms with van der Waals surface area (Å²) in [5.41, 5.74) is 0.970. The Morgan fingerprint density at radius 2 is 2.12 bits per heavy atom. The number of nitrogens with one attached hydrogen (secondary N) is 2. The highest BCUT2D eigenvalue weighted by atomic mass is 32.2. The van der Waals surface area contributed by atoms with Crippen LogP contribution < -0.4 is 10.0 Å². The van der Waals surface area contributed by atoms with Crippen LogP contribution in [0.25, 0.3) is 0 Å². The average Bonchev–Trinajstić information content (AvgIpc) is 2.15. The van der Waals surface area contributed by atoms with Crippen molar-refractivity contribution in [2.45, 2.75) is 26.8 Å². The van der Waals surface area contributed by atoms with Gasteiger partial charge >= 0.3 is 0 Å². The highest BCUT2D eigenvalue weighted by molar-refractivity contribution is 7.92. The van der Waals surface area contributed by atoms with Crippen molar-refractivity contribution in [3.05, 3.63) is 23.9 Å². The molecule has 17 heavy (non-hydrogen) atoms. The Labute approximate surface area is 103 Å². The maximum atomic E-state index is 11.7. The van der Waals surface area contributed by atoms with Crippen molar-refractivity contribution in [2.24, 2.45) is 0 Å². The van der Waals surface area contributed by atoms with Gasteiger partial charge in [-0.25, -0.2) is 13.4 Å². The molecule has 2 N–H and O–H groups in total. The minimum Gasteiger partial charge on any atom is -0.313 e. The minimum absolute atomic E-state index is 0.0425. The van der Waals surface area contributed by atoms with Gasteiger partial charge in [0.15, 0.2) is 0 Å². The van der Waals surface area contributed by atoms with Gasteiger partial charge in [0.25, 0.3) is 0 Å². The van der Waals surface area contributed by atoms with Crippen molar-refractivity contribution >= 4 is 15.8 Å². The van der Waals surface area contributed by atoms with Crippen LogP contribution in [0.5, 0.6) is 0 Å². The SMILES string of the molecule is Cc1ccnc(NS(=O)(=O)CCNC(C)C)c1. The molecule has 0 aromatic carbocycles. The third-order valence-electron chi connectivity index (χ3n) is 2.10. The van der Waals surface area contributed by atoms with Crippen molar-refractivity contribution in [1.82, 2.24) is 10.3 Å². The highest BCUT2D eigenvalue weighted by Gasteiger charge is 2.10. The smallest absolute Gasteiger partial charge is 0.235 e. The zero-order valence-electron chi connectivity index (χ0n) is 10.4. The highest BCUT2D eigenvalue weighted by Crippen LogP contribution is 2.07. The third-order valence-corrected chi connectivity index (χ3v) is 3.36. The summed E-state index contributed by atoms with van der Waals surface area (Å²) in [5, 5.41) is 3.06. The number of hydrogen-bond donors (Lipinski definition) is 2. The van der Waals surface area contributed by atoms with E-state index in [1.165, 1.54) is 0 Å². The number of anilines is 1. The molecule has 6 heteroatoms. The zero-order valence-corrected chi connectivity index (χ0v) is 11.2. The van der Waals surface area contributed by atoms with Crippen LogP contribution in [-0.4, -0.2) is 31.7 Å². The van der Waals surface area contributed by atoms with Gasteiger partial charge in [-0.2, -0.15) is 0 Å². The Morgan fingerprint density at radius 1 is 1.41 bits per heavy atom. The predicted octanol–water partition coefficient (Wildman–Crippen LogP) is 1.13. The molecule has 0 spiro atoms. The quantitative estimate of drug-likeness (QED) is 0.801. The lowest BCUT2D eigenvalue weighted by atomic mass is 10.3. The Kier molecular flexibility index (Phi) is 4.89.